The maximum atomic E-state index is 11.0. The Labute approximate surface area is 169 Å². The van der Waals surface area contributed by atoms with Crippen LogP contribution in [0.3, 0.4) is 0 Å². The van der Waals surface area contributed by atoms with Gasteiger partial charge < -0.3 is 10.0 Å². The van der Waals surface area contributed by atoms with Crippen molar-refractivity contribution in [3.05, 3.63) is 71.4 Å². The first kappa shape index (κ1) is 18.7. The van der Waals surface area contributed by atoms with E-state index in [2.05, 4.69) is 27.6 Å². The Morgan fingerprint density at radius 2 is 1.79 bits per heavy atom. The number of nitrogens with zero attached hydrogens (tertiary/aromatic N) is 4. The second-order valence-electron chi connectivity index (χ2n) is 7.02. The van der Waals surface area contributed by atoms with E-state index in [1.807, 2.05) is 29.8 Å². The van der Waals surface area contributed by atoms with Gasteiger partial charge in [0.2, 0.25) is 0 Å². The summed E-state index contributed by atoms with van der Waals surface area (Å²) in [4.78, 5) is 13.3. The number of carboxylic acids is 1. The molecule has 0 unspecified atom stereocenters. The van der Waals surface area contributed by atoms with Crippen LogP contribution in [0.2, 0.25) is 0 Å². The number of carbonyl (C=O) groups is 1. The summed E-state index contributed by atoms with van der Waals surface area (Å²) in [5.41, 5.74) is 6.85. The number of hydrogen-bond acceptors (Lipinski definition) is 5. The highest BCUT2D eigenvalue weighted by Gasteiger charge is 2.23. The van der Waals surface area contributed by atoms with Crippen molar-refractivity contribution in [2.24, 2.45) is 5.10 Å². The number of rotatable bonds is 6. The Kier molecular flexibility index (Phi) is 5.29. The first-order valence-corrected chi connectivity index (χ1v) is 9.66. The average Bonchev–Trinajstić information content (AvgIpc) is 3.37. The van der Waals surface area contributed by atoms with Crippen LogP contribution in [0.15, 0.2) is 59.7 Å². The lowest BCUT2D eigenvalue weighted by molar-refractivity contribution is 0.0697. The Morgan fingerprint density at radius 3 is 2.45 bits per heavy atom. The molecule has 0 aliphatic carbocycles. The van der Waals surface area contributed by atoms with E-state index in [9.17, 15) is 4.79 Å². The molecule has 2 N–H and O–H groups in total. The lowest BCUT2D eigenvalue weighted by Gasteiger charge is -2.20. The van der Waals surface area contributed by atoms with Gasteiger partial charge in [0.05, 0.1) is 34.4 Å². The van der Waals surface area contributed by atoms with E-state index in [0.29, 0.717) is 0 Å². The first-order chi connectivity index (χ1) is 14.1. The van der Waals surface area contributed by atoms with Crippen molar-refractivity contribution in [1.29, 1.82) is 0 Å². The van der Waals surface area contributed by atoms with Gasteiger partial charge in [0.1, 0.15) is 5.82 Å². The third-order valence-electron chi connectivity index (χ3n) is 5.01. The summed E-state index contributed by atoms with van der Waals surface area (Å²) in [6.45, 7) is 3.99. The number of anilines is 2. The van der Waals surface area contributed by atoms with E-state index in [-0.39, 0.29) is 5.56 Å². The average molecular weight is 389 g/mol. The van der Waals surface area contributed by atoms with Gasteiger partial charge in [-0.2, -0.15) is 10.2 Å². The predicted molar refractivity (Wildman–Crippen MR) is 114 cm³/mol. The van der Waals surface area contributed by atoms with Crippen molar-refractivity contribution < 1.29 is 9.90 Å². The molecule has 0 bridgehead atoms. The lowest BCUT2D eigenvalue weighted by Crippen LogP contribution is -2.22. The van der Waals surface area contributed by atoms with Gasteiger partial charge >= 0.3 is 5.97 Å². The molecule has 7 heteroatoms. The molecule has 0 spiro atoms. The Balaban J connectivity index is 1.63. The molecule has 1 saturated heterocycles. The van der Waals surface area contributed by atoms with Crippen LogP contribution >= 0.6 is 0 Å². The second kappa shape index (κ2) is 8.18. The summed E-state index contributed by atoms with van der Waals surface area (Å²) in [5.74, 6) is 0.109. The van der Waals surface area contributed by atoms with Crippen molar-refractivity contribution in [1.82, 2.24) is 9.78 Å². The molecule has 148 valence electrons. The van der Waals surface area contributed by atoms with Crippen molar-refractivity contribution in [2.45, 2.75) is 19.8 Å². The smallest absolute Gasteiger partial charge is 0.335 e. The topological polar surface area (TPSA) is 82.8 Å². The van der Waals surface area contributed by atoms with Crippen LogP contribution in [-0.4, -0.2) is 40.2 Å². The molecule has 2 aromatic carbocycles. The van der Waals surface area contributed by atoms with Gasteiger partial charge in [-0.1, -0.05) is 18.2 Å². The third kappa shape index (κ3) is 3.99. The molecule has 4 rings (SSSR count). The highest BCUT2D eigenvalue weighted by Crippen LogP contribution is 2.29. The van der Waals surface area contributed by atoms with Gasteiger partial charge in [-0.3, -0.25) is 5.43 Å². The minimum Gasteiger partial charge on any atom is -0.478 e. The monoisotopic (exact) mass is 389 g/mol. The molecular weight excluding hydrogens is 366 g/mol. The Bertz CT molecular complexity index is 1020. The molecular formula is C22H23N5O2. The number of benzene rings is 2. The summed E-state index contributed by atoms with van der Waals surface area (Å²) in [5, 5.41) is 18.2. The third-order valence-corrected chi connectivity index (χ3v) is 5.01. The SMILES string of the molecule is Cc1nn(-c2ccccc2)c(N2CCCC2)c1/C=N\Nc1ccc(C(=O)O)cc1. The first-order valence-electron chi connectivity index (χ1n) is 9.66. The molecule has 0 atom stereocenters. The quantitative estimate of drug-likeness (QED) is 0.493. The zero-order chi connectivity index (χ0) is 20.2. The largest absolute Gasteiger partial charge is 0.478 e. The number of aromatic nitrogens is 2. The number of hydrazone groups is 1. The van der Waals surface area contributed by atoms with Crippen molar-refractivity contribution in [3.63, 3.8) is 0 Å². The van der Waals surface area contributed by atoms with Crippen LogP contribution in [0.1, 0.15) is 34.5 Å². The van der Waals surface area contributed by atoms with Gasteiger partial charge in [-0.05, 0) is 56.2 Å². The normalized spacial score (nSPS) is 13.9. The number of nitrogens with one attached hydrogen (secondary N) is 1. The summed E-state index contributed by atoms with van der Waals surface area (Å²) in [6, 6.07) is 16.6. The molecule has 29 heavy (non-hydrogen) atoms. The summed E-state index contributed by atoms with van der Waals surface area (Å²) in [7, 11) is 0. The van der Waals surface area contributed by atoms with E-state index in [1.165, 1.54) is 12.8 Å². The fourth-order valence-corrected chi connectivity index (χ4v) is 3.52. The molecule has 3 aromatic rings. The maximum absolute atomic E-state index is 11.0. The van der Waals surface area contributed by atoms with Crippen LogP contribution in [0.5, 0.6) is 0 Å². The zero-order valence-corrected chi connectivity index (χ0v) is 16.2. The molecule has 0 saturated carbocycles. The van der Waals surface area contributed by atoms with Crippen LogP contribution in [0.4, 0.5) is 11.5 Å². The minimum atomic E-state index is -0.945. The molecule has 1 fully saturated rings. The molecule has 0 amide bonds. The standard InChI is InChI=1S/C22H23N5O2/c1-16-20(15-23-24-18-11-9-17(10-12-18)22(28)29)21(26-13-5-6-14-26)27(25-16)19-7-3-2-4-8-19/h2-4,7-12,15,24H,5-6,13-14H2,1H3,(H,28,29)/b23-15-. The number of aryl methyl sites for hydroxylation is 1. The fourth-order valence-electron chi connectivity index (χ4n) is 3.52. The molecule has 1 aliphatic heterocycles. The summed E-state index contributed by atoms with van der Waals surface area (Å²) >= 11 is 0. The Morgan fingerprint density at radius 1 is 1.10 bits per heavy atom. The van der Waals surface area contributed by atoms with E-state index in [4.69, 9.17) is 10.2 Å². The van der Waals surface area contributed by atoms with Gasteiger partial charge in [0.25, 0.3) is 0 Å². The van der Waals surface area contributed by atoms with Gasteiger partial charge in [-0.15, -0.1) is 0 Å². The van der Waals surface area contributed by atoms with E-state index in [0.717, 1.165) is 41.5 Å². The fraction of sp³-hybridized carbons (Fsp3) is 0.227. The van der Waals surface area contributed by atoms with Crippen LogP contribution < -0.4 is 10.3 Å². The van der Waals surface area contributed by atoms with Crippen LogP contribution in [-0.2, 0) is 0 Å². The number of carboxylic acid groups (broad SMARTS) is 1. The maximum Gasteiger partial charge on any atom is 0.335 e. The number of hydrogen-bond donors (Lipinski definition) is 2. The molecule has 0 radical (unpaired) electrons. The van der Waals surface area contributed by atoms with Gasteiger partial charge in [-0.25, -0.2) is 9.48 Å². The molecule has 1 aliphatic rings. The van der Waals surface area contributed by atoms with Crippen LogP contribution in [0.25, 0.3) is 5.69 Å². The predicted octanol–water partition coefficient (Wildman–Crippen LogP) is 3.93. The minimum absolute atomic E-state index is 0.246. The lowest BCUT2D eigenvalue weighted by atomic mass is 10.2. The van der Waals surface area contributed by atoms with E-state index in [1.54, 1.807) is 30.5 Å². The van der Waals surface area contributed by atoms with Gasteiger partial charge in [0.15, 0.2) is 0 Å². The van der Waals surface area contributed by atoms with Crippen molar-refractivity contribution in [3.8, 4) is 5.69 Å². The molecule has 7 nitrogen and oxygen atoms in total. The highest BCUT2D eigenvalue weighted by atomic mass is 16.4. The summed E-state index contributed by atoms with van der Waals surface area (Å²) in [6.07, 6.45) is 4.13. The van der Waals surface area contributed by atoms with Gasteiger partial charge in [0, 0.05) is 13.1 Å². The van der Waals surface area contributed by atoms with E-state index >= 15 is 0 Å². The zero-order valence-electron chi connectivity index (χ0n) is 16.2. The molecule has 2 heterocycles. The highest BCUT2D eigenvalue weighted by molar-refractivity contribution is 5.90. The molecule has 1 aromatic heterocycles. The Hall–Kier alpha value is -3.61. The number of aromatic carboxylic acids is 1. The van der Waals surface area contributed by atoms with Crippen molar-refractivity contribution in [2.75, 3.05) is 23.4 Å². The van der Waals surface area contributed by atoms with Crippen molar-refractivity contribution >= 4 is 23.7 Å². The second-order valence-corrected chi connectivity index (χ2v) is 7.02. The van der Waals surface area contributed by atoms with Crippen LogP contribution in [0, 0.1) is 6.92 Å². The number of para-hydroxylation sites is 1. The summed E-state index contributed by atoms with van der Waals surface area (Å²) < 4.78 is 1.99. The van der Waals surface area contributed by atoms with E-state index < -0.39 is 5.97 Å².